The molecule has 1 radical (unpaired) electrons. The molecule has 0 aliphatic rings. The van der Waals surface area contributed by atoms with Crippen LogP contribution >= 0.6 is 0 Å². The van der Waals surface area contributed by atoms with Gasteiger partial charge in [0, 0.05) is 45.5 Å². The second kappa shape index (κ2) is 19.4. The van der Waals surface area contributed by atoms with Crippen LogP contribution in [0.25, 0.3) is 94.3 Å². The number of nitrogens with zero attached hydrogens (tertiary/aromatic N) is 3. The van der Waals surface area contributed by atoms with E-state index >= 15 is 0 Å². The molecular weight excluding hydrogens is 1010 g/mol. The first-order valence-corrected chi connectivity index (χ1v) is 23.3. The Bertz CT molecular complexity index is 3580. The van der Waals surface area contributed by atoms with Crippen LogP contribution in [0.2, 0.25) is 0 Å². The number of benzene rings is 8. The van der Waals surface area contributed by atoms with Crippen LogP contribution in [0.4, 0.5) is 0 Å². The van der Waals surface area contributed by atoms with Crippen molar-refractivity contribution in [2.45, 2.75) is 66.7 Å². The molecule has 0 amide bonds. The summed E-state index contributed by atoms with van der Waals surface area (Å²) in [5, 5.41) is 4.40. The molecule has 3 aromatic heterocycles. The van der Waals surface area contributed by atoms with E-state index < -0.39 is 11.8 Å². The second-order valence-electron chi connectivity index (χ2n) is 19.0. The molecule has 339 valence electrons. The Morgan fingerprint density at radius 2 is 1.25 bits per heavy atom. The Balaban J connectivity index is 0.000000257. The maximum absolute atomic E-state index is 8.21. The smallest absolute Gasteiger partial charge is 0.128 e. The van der Waals surface area contributed by atoms with Gasteiger partial charge in [0.15, 0.2) is 0 Å². The van der Waals surface area contributed by atoms with Crippen LogP contribution in [-0.4, -0.2) is 14.5 Å². The minimum absolute atomic E-state index is 0. The average Bonchev–Trinajstić information content (AvgIpc) is 3.96. The van der Waals surface area contributed by atoms with Gasteiger partial charge in [-0.1, -0.05) is 169 Å². The molecule has 0 N–H and O–H groups in total. The topological polar surface area (TPSA) is 43.9 Å². The van der Waals surface area contributed by atoms with E-state index in [-0.39, 0.29) is 31.9 Å². The summed E-state index contributed by atoms with van der Waals surface area (Å²) in [6.07, 6.45) is 0.223. The van der Waals surface area contributed by atoms with Crippen LogP contribution in [0.1, 0.15) is 79.7 Å². The third kappa shape index (κ3) is 9.22. The zero-order valence-electron chi connectivity index (χ0n) is 41.6. The fraction of sp³-hybridized carbons (Fsp3) is 0.175. The van der Waals surface area contributed by atoms with E-state index in [0.29, 0.717) is 5.56 Å². The van der Waals surface area contributed by atoms with Crippen LogP contribution in [0.15, 0.2) is 187 Å². The predicted octanol–water partition coefficient (Wildman–Crippen LogP) is 17.3. The molecule has 0 bridgehead atoms. The van der Waals surface area contributed by atoms with Crippen molar-refractivity contribution >= 4 is 43.7 Å². The van der Waals surface area contributed by atoms with Crippen LogP contribution in [0, 0.1) is 17.5 Å². The fourth-order valence-electron chi connectivity index (χ4n) is 9.15. The van der Waals surface area contributed by atoms with Crippen molar-refractivity contribution in [1.29, 1.82) is 0 Å². The Kier molecular flexibility index (Phi) is 12.4. The van der Waals surface area contributed by atoms with Crippen LogP contribution in [-0.2, 0) is 26.5 Å². The molecular formula is C63H55IrN3O-2. The van der Waals surface area contributed by atoms with E-state index in [1.807, 2.05) is 63.2 Å². The summed E-state index contributed by atoms with van der Waals surface area (Å²) in [4.78, 5) is 9.70. The average molecular weight is 1060 g/mol. The minimum Gasteiger partial charge on any atom is -0.500 e. The van der Waals surface area contributed by atoms with E-state index in [9.17, 15) is 0 Å². The van der Waals surface area contributed by atoms with E-state index in [1.165, 1.54) is 39.1 Å². The van der Waals surface area contributed by atoms with Crippen molar-refractivity contribution in [3.8, 4) is 50.6 Å². The standard InChI is InChI=1S/C47H37N2O.C16H18N.Ir/c1-29(2)40-27-35(32-16-9-6-10-17-32)28-41(30(3)4)44(40)49-43-21-12-11-20-42(43)48-47(49)39-19-13-18-37-38-25-23-34-26-33(31-14-7-5-8-15-31)22-24-36(34)45(38)50-46(37)39;1-16(2,3)11-13-9-10-15(17-12-13)14-7-5-4-6-8-14;/h5-18,20-30H,1-4H3;4-7,9-10,12H,11H2,1-3H3;/q2*-1;/i;11D2;. The molecule has 4 nitrogen and oxygen atoms in total. The number of rotatable bonds is 8. The van der Waals surface area contributed by atoms with Gasteiger partial charge in [0.25, 0.3) is 0 Å². The summed E-state index contributed by atoms with van der Waals surface area (Å²) in [6.45, 7) is 14.8. The van der Waals surface area contributed by atoms with Gasteiger partial charge in [-0.05, 0) is 104 Å². The number of furan rings is 1. The van der Waals surface area contributed by atoms with Crippen molar-refractivity contribution in [2.75, 3.05) is 0 Å². The summed E-state index contributed by atoms with van der Waals surface area (Å²) in [5.41, 5.74) is 15.1. The van der Waals surface area contributed by atoms with Crippen LogP contribution in [0.5, 0.6) is 0 Å². The molecule has 68 heavy (non-hydrogen) atoms. The molecule has 0 aliphatic heterocycles. The van der Waals surface area contributed by atoms with E-state index in [4.69, 9.17) is 12.1 Å². The van der Waals surface area contributed by atoms with Gasteiger partial charge >= 0.3 is 0 Å². The molecule has 5 heteroatoms. The summed E-state index contributed by atoms with van der Waals surface area (Å²) in [7, 11) is 0. The summed E-state index contributed by atoms with van der Waals surface area (Å²) < 4.78 is 25.7. The monoisotopic (exact) mass is 1060 g/mol. The predicted molar refractivity (Wildman–Crippen MR) is 281 cm³/mol. The number of fused-ring (bicyclic) bond motifs is 6. The van der Waals surface area contributed by atoms with Gasteiger partial charge in [0.1, 0.15) is 5.58 Å². The Morgan fingerprint density at radius 1 is 0.603 bits per heavy atom. The molecule has 0 fully saturated rings. The van der Waals surface area contributed by atoms with Gasteiger partial charge < -0.3 is 14.0 Å². The number of para-hydroxylation sites is 2. The SMILES string of the molecule is CC(C)c1cc(-c2ccccc2)cc(C(C)C)c1-n1c(-c2[c-]ccc3c2oc2c4ccc(-c5ccccc5)cc4ccc32)nc2ccccc21.[2H]C([2H])(c1ccc(-c2[c-]cccc2)nc1)C(C)(C)C.[Ir]. The summed E-state index contributed by atoms with van der Waals surface area (Å²) >= 11 is 0. The van der Waals surface area contributed by atoms with Crippen molar-refractivity contribution < 1.29 is 27.3 Å². The molecule has 0 aliphatic carbocycles. The molecule has 8 aromatic carbocycles. The maximum Gasteiger partial charge on any atom is 0.128 e. The van der Waals surface area contributed by atoms with Gasteiger partial charge in [-0.3, -0.25) is 4.98 Å². The van der Waals surface area contributed by atoms with Gasteiger partial charge in [0.05, 0.1) is 22.4 Å². The van der Waals surface area contributed by atoms with Crippen LogP contribution < -0.4 is 0 Å². The molecule has 0 spiro atoms. The summed E-state index contributed by atoms with van der Waals surface area (Å²) in [6, 6.07) is 67.6. The maximum atomic E-state index is 8.21. The van der Waals surface area contributed by atoms with Crippen molar-refractivity contribution in [1.82, 2.24) is 14.5 Å². The molecule has 3 heterocycles. The van der Waals surface area contributed by atoms with E-state index in [1.54, 1.807) is 6.20 Å². The zero-order valence-corrected chi connectivity index (χ0v) is 42.0. The van der Waals surface area contributed by atoms with Gasteiger partial charge in [-0.15, -0.1) is 54.1 Å². The fourth-order valence-corrected chi connectivity index (χ4v) is 9.15. The van der Waals surface area contributed by atoms with E-state index in [2.05, 4.69) is 183 Å². The number of pyridine rings is 1. The molecule has 0 saturated heterocycles. The Labute approximate surface area is 416 Å². The number of aromatic nitrogens is 3. The largest absolute Gasteiger partial charge is 0.500 e. The normalized spacial score (nSPS) is 12.3. The number of hydrogen-bond donors (Lipinski definition) is 0. The van der Waals surface area contributed by atoms with Gasteiger partial charge in [0.2, 0.25) is 0 Å². The molecule has 0 atom stereocenters. The van der Waals surface area contributed by atoms with Gasteiger partial charge in [-0.2, -0.15) is 0 Å². The Morgan fingerprint density at radius 3 is 1.90 bits per heavy atom. The van der Waals surface area contributed by atoms with Crippen molar-refractivity contribution in [3.05, 3.63) is 211 Å². The van der Waals surface area contributed by atoms with Crippen molar-refractivity contribution in [2.24, 2.45) is 5.41 Å². The molecule has 0 unspecified atom stereocenters. The minimum atomic E-state index is -1.40. The molecule has 0 saturated carbocycles. The molecule has 11 rings (SSSR count). The summed E-state index contributed by atoms with van der Waals surface area (Å²) in [5.74, 6) is 1.39. The number of hydrogen-bond acceptors (Lipinski definition) is 3. The van der Waals surface area contributed by atoms with E-state index in [0.717, 1.165) is 66.4 Å². The third-order valence-corrected chi connectivity index (χ3v) is 12.3. The Hall–Kier alpha value is -6.91. The van der Waals surface area contributed by atoms with Crippen LogP contribution in [0.3, 0.4) is 0 Å². The number of imidazole rings is 1. The zero-order chi connectivity index (χ0) is 48.0. The second-order valence-corrected chi connectivity index (χ2v) is 19.0. The first kappa shape index (κ1) is 43.6. The quantitative estimate of drug-likeness (QED) is 0.142. The molecule has 11 aromatic rings. The first-order chi connectivity index (χ1) is 33.3. The van der Waals surface area contributed by atoms with Gasteiger partial charge in [-0.25, -0.2) is 0 Å². The first-order valence-electron chi connectivity index (χ1n) is 24.3. The van der Waals surface area contributed by atoms with Crippen molar-refractivity contribution in [3.63, 3.8) is 0 Å². The third-order valence-electron chi connectivity index (χ3n) is 12.3.